The molecular weight excluding hydrogens is 200 g/mol. The molecule has 0 aromatic carbocycles. The number of hydrogen-bond donors (Lipinski definition) is 1. The van der Waals surface area contributed by atoms with E-state index in [4.69, 9.17) is 4.74 Å². The van der Waals surface area contributed by atoms with Crippen molar-refractivity contribution in [2.45, 2.75) is 64.1 Å². The highest BCUT2D eigenvalue weighted by atomic mass is 16.5. The number of allylic oxidation sites excluding steroid dienone is 1. The molecule has 1 aliphatic carbocycles. The zero-order valence-electron chi connectivity index (χ0n) is 10.5. The predicted octanol–water partition coefficient (Wildman–Crippen LogP) is 3.30. The molecule has 0 aromatic rings. The zero-order valence-corrected chi connectivity index (χ0v) is 10.5. The lowest BCUT2D eigenvalue weighted by Gasteiger charge is -2.33. The van der Waals surface area contributed by atoms with Crippen molar-refractivity contribution in [3.63, 3.8) is 0 Å². The summed E-state index contributed by atoms with van der Waals surface area (Å²) in [6.07, 6.45) is 9.62. The second-order valence-electron chi connectivity index (χ2n) is 4.75. The monoisotopic (exact) mass is 226 g/mol. The van der Waals surface area contributed by atoms with Crippen molar-refractivity contribution in [2.24, 2.45) is 5.92 Å². The van der Waals surface area contributed by atoms with Crippen LogP contribution in [0.25, 0.3) is 0 Å². The summed E-state index contributed by atoms with van der Waals surface area (Å²) in [5.41, 5.74) is 0. The highest BCUT2D eigenvalue weighted by molar-refractivity contribution is 4.82. The van der Waals surface area contributed by atoms with E-state index in [0.717, 1.165) is 12.8 Å². The molecule has 1 fully saturated rings. The molecule has 0 aliphatic heterocycles. The Kier molecular flexibility index (Phi) is 6.74. The molecule has 1 aliphatic rings. The average Bonchev–Trinajstić information content (AvgIpc) is 2.34. The highest BCUT2D eigenvalue weighted by Gasteiger charge is 2.29. The molecule has 0 saturated heterocycles. The Balaban J connectivity index is 2.46. The molecule has 0 bridgehead atoms. The molecule has 0 amide bonds. The maximum absolute atomic E-state index is 10.2. The Hall–Kier alpha value is -0.340. The fraction of sp³-hybridized carbons (Fsp3) is 0.857. The van der Waals surface area contributed by atoms with E-state index >= 15 is 0 Å². The Morgan fingerprint density at radius 2 is 2.06 bits per heavy atom. The number of ether oxygens (including phenoxy) is 1. The Bertz CT molecular complexity index is 185. The number of hydrogen-bond acceptors (Lipinski definition) is 2. The van der Waals surface area contributed by atoms with Crippen LogP contribution in [0.5, 0.6) is 0 Å². The van der Waals surface area contributed by atoms with E-state index in [1.165, 1.54) is 32.1 Å². The van der Waals surface area contributed by atoms with E-state index in [1.807, 2.05) is 13.0 Å². The fourth-order valence-electron chi connectivity index (χ4n) is 2.67. The minimum Gasteiger partial charge on any atom is -0.390 e. The molecule has 0 heterocycles. The molecule has 16 heavy (non-hydrogen) atoms. The normalized spacial score (nSPS) is 21.6. The molecule has 2 atom stereocenters. The van der Waals surface area contributed by atoms with E-state index in [0.29, 0.717) is 12.5 Å². The van der Waals surface area contributed by atoms with E-state index in [9.17, 15) is 5.11 Å². The van der Waals surface area contributed by atoms with Gasteiger partial charge in [0.15, 0.2) is 0 Å². The van der Waals surface area contributed by atoms with Crippen molar-refractivity contribution in [1.82, 2.24) is 0 Å². The quantitative estimate of drug-likeness (QED) is 0.675. The molecule has 1 N–H and O–H groups in total. The van der Waals surface area contributed by atoms with Crippen molar-refractivity contribution in [2.75, 3.05) is 6.61 Å². The van der Waals surface area contributed by atoms with Gasteiger partial charge in [-0.25, -0.2) is 0 Å². The summed E-state index contributed by atoms with van der Waals surface area (Å²) in [5, 5.41) is 10.2. The molecule has 2 nitrogen and oxygen atoms in total. The second kappa shape index (κ2) is 7.86. The van der Waals surface area contributed by atoms with Gasteiger partial charge in [-0.1, -0.05) is 25.3 Å². The summed E-state index contributed by atoms with van der Waals surface area (Å²) < 4.78 is 5.76. The SMILES string of the molecule is C=CCCC(O)C(OCC)C1CCCCC1. The van der Waals surface area contributed by atoms with E-state index < -0.39 is 0 Å². The smallest absolute Gasteiger partial charge is 0.0861 e. The third kappa shape index (κ3) is 4.26. The Morgan fingerprint density at radius 1 is 1.38 bits per heavy atom. The van der Waals surface area contributed by atoms with Crippen LogP contribution in [0, 0.1) is 5.92 Å². The van der Waals surface area contributed by atoms with Gasteiger partial charge in [-0.2, -0.15) is 0 Å². The number of rotatable bonds is 7. The van der Waals surface area contributed by atoms with Gasteiger partial charge in [0, 0.05) is 6.61 Å². The van der Waals surface area contributed by atoms with Crippen LogP contribution in [0.4, 0.5) is 0 Å². The summed E-state index contributed by atoms with van der Waals surface area (Å²) >= 11 is 0. The number of aliphatic hydroxyl groups is 1. The summed E-state index contributed by atoms with van der Waals surface area (Å²) in [6.45, 7) is 6.41. The van der Waals surface area contributed by atoms with Gasteiger partial charge in [-0.15, -0.1) is 6.58 Å². The molecule has 0 spiro atoms. The lowest BCUT2D eigenvalue weighted by molar-refractivity contribution is -0.0742. The van der Waals surface area contributed by atoms with E-state index in [2.05, 4.69) is 6.58 Å². The topological polar surface area (TPSA) is 29.5 Å². The first-order valence-electron chi connectivity index (χ1n) is 6.70. The molecule has 1 rings (SSSR count). The van der Waals surface area contributed by atoms with Gasteiger partial charge in [0.25, 0.3) is 0 Å². The van der Waals surface area contributed by atoms with Crippen LogP contribution < -0.4 is 0 Å². The third-order valence-electron chi connectivity index (χ3n) is 3.52. The van der Waals surface area contributed by atoms with Gasteiger partial charge in [-0.3, -0.25) is 0 Å². The molecule has 0 radical (unpaired) electrons. The van der Waals surface area contributed by atoms with Gasteiger partial charge >= 0.3 is 0 Å². The summed E-state index contributed by atoms with van der Waals surface area (Å²) in [7, 11) is 0. The maximum atomic E-state index is 10.2. The molecular formula is C14H26O2. The summed E-state index contributed by atoms with van der Waals surface area (Å²) in [6, 6.07) is 0. The minimum atomic E-state index is -0.318. The minimum absolute atomic E-state index is 0.0465. The fourth-order valence-corrected chi connectivity index (χ4v) is 2.67. The predicted molar refractivity (Wildman–Crippen MR) is 67.4 cm³/mol. The molecule has 2 heteroatoms. The summed E-state index contributed by atoms with van der Waals surface area (Å²) in [4.78, 5) is 0. The Labute approximate surface area is 99.7 Å². The standard InChI is InChI=1S/C14H26O2/c1-3-5-11-13(15)14(16-4-2)12-9-7-6-8-10-12/h3,12-15H,1,4-11H2,2H3. The zero-order chi connectivity index (χ0) is 11.8. The van der Waals surface area contributed by atoms with Crippen LogP contribution in [0.2, 0.25) is 0 Å². The Morgan fingerprint density at radius 3 is 2.62 bits per heavy atom. The lowest BCUT2D eigenvalue weighted by atomic mass is 9.82. The van der Waals surface area contributed by atoms with Crippen LogP contribution in [0.15, 0.2) is 12.7 Å². The van der Waals surface area contributed by atoms with Gasteiger partial charge in [0.2, 0.25) is 0 Å². The van der Waals surface area contributed by atoms with Crippen LogP contribution in [-0.4, -0.2) is 23.9 Å². The van der Waals surface area contributed by atoms with Crippen LogP contribution in [-0.2, 0) is 4.74 Å². The average molecular weight is 226 g/mol. The van der Waals surface area contributed by atoms with E-state index in [1.54, 1.807) is 0 Å². The number of aliphatic hydroxyl groups excluding tert-OH is 1. The molecule has 0 aromatic heterocycles. The highest BCUT2D eigenvalue weighted by Crippen LogP contribution is 2.30. The van der Waals surface area contributed by atoms with Crippen molar-refractivity contribution in [3.05, 3.63) is 12.7 Å². The second-order valence-corrected chi connectivity index (χ2v) is 4.75. The molecule has 2 unspecified atom stereocenters. The van der Waals surface area contributed by atoms with Gasteiger partial charge in [0.05, 0.1) is 12.2 Å². The van der Waals surface area contributed by atoms with Crippen molar-refractivity contribution >= 4 is 0 Å². The lowest BCUT2D eigenvalue weighted by Crippen LogP contribution is -2.37. The van der Waals surface area contributed by atoms with Crippen LogP contribution >= 0.6 is 0 Å². The van der Waals surface area contributed by atoms with E-state index in [-0.39, 0.29) is 12.2 Å². The molecule has 1 saturated carbocycles. The van der Waals surface area contributed by atoms with Gasteiger partial charge in [0.1, 0.15) is 0 Å². The van der Waals surface area contributed by atoms with Crippen molar-refractivity contribution < 1.29 is 9.84 Å². The van der Waals surface area contributed by atoms with Crippen LogP contribution in [0.1, 0.15) is 51.9 Å². The summed E-state index contributed by atoms with van der Waals surface area (Å²) in [5.74, 6) is 0.563. The first kappa shape index (κ1) is 13.7. The largest absolute Gasteiger partial charge is 0.390 e. The maximum Gasteiger partial charge on any atom is 0.0861 e. The first-order chi connectivity index (χ1) is 7.79. The van der Waals surface area contributed by atoms with Crippen molar-refractivity contribution in [3.8, 4) is 0 Å². The van der Waals surface area contributed by atoms with Gasteiger partial charge in [-0.05, 0) is 38.5 Å². The first-order valence-corrected chi connectivity index (χ1v) is 6.70. The molecule has 94 valence electrons. The van der Waals surface area contributed by atoms with Crippen LogP contribution in [0.3, 0.4) is 0 Å². The van der Waals surface area contributed by atoms with Crippen molar-refractivity contribution in [1.29, 1.82) is 0 Å². The van der Waals surface area contributed by atoms with Gasteiger partial charge < -0.3 is 9.84 Å². The third-order valence-corrected chi connectivity index (χ3v) is 3.52.